The van der Waals surface area contributed by atoms with Crippen molar-refractivity contribution in [2.75, 3.05) is 0 Å². The smallest absolute Gasteiger partial charge is 0.303 e. The molecule has 0 saturated heterocycles. The van der Waals surface area contributed by atoms with Crippen molar-refractivity contribution >= 4 is 17.8 Å². The number of hydroxylamine groups is 1. The summed E-state index contributed by atoms with van der Waals surface area (Å²) in [5, 5.41) is 19.8. The van der Waals surface area contributed by atoms with Crippen LogP contribution in [0.2, 0.25) is 0 Å². The summed E-state index contributed by atoms with van der Waals surface area (Å²) in [7, 11) is 0. The lowest BCUT2D eigenvalue weighted by Gasteiger charge is -2.15. The molecule has 7 nitrogen and oxygen atoms in total. The van der Waals surface area contributed by atoms with Crippen LogP contribution in [-0.4, -0.2) is 34.1 Å². The van der Waals surface area contributed by atoms with Crippen molar-refractivity contribution in [3.05, 3.63) is 35.9 Å². The number of nitrogens with one attached hydrogen (secondary N) is 2. The molecule has 4 N–H and O–H groups in total. The minimum Gasteiger partial charge on any atom is -0.481 e. The fourth-order valence-corrected chi connectivity index (χ4v) is 3.02. The van der Waals surface area contributed by atoms with Gasteiger partial charge in [-0.3, -0.25) is 19.6 Å². The average molecular weight is 392 g/mol. The van der Waals surface area contributed by atoms with E-state index in [0.29, 0.717) is 0 Å². The second kappa shape index (κ2) is 14.6. The van der Waals surface area contributed by atoms with Crippen molar-refractivity contribution in [3.63, 3.8) is 0 Å². The highest BCUT2D eigenvalue weighted by Crippen LogP contribution is 2.11. The van der Waals surface area contributed by atoms with Gasteiger partial charge >= 0.3 is 5.97 Å². The Hall–Kier alpha value is -2.41. The predicted octanol–water partition coefficient (Wildman–Crippen LogP) is 3.20. The number of hydrogen-bond acceptors (Lipinski definition) is 4. The van der Waals surface area contributed by atoms with Crippen molar-refractivity contribution in [1.29, 1.82) is 0 Å². The lowest BCUT2D eigenvalue weighted by molar-refractivity contribution is -0.139. The molecule has 2 amide bonds. The SMILES string of the molecule is O=C(O)CC[C@@H](NC(=O)CCCCCCCCCc1ccccc1)C(=O)NO. The number of aliphatic carboxylic acids is 1. The maximum absolute atomic E-state index is 11.9. The van der Waals surface area contributed by atoms with Gasteiger partial charge in [0, 0.05) is 12.8 Å². The molecule has 0 aromatic heterocycles. The predicted molar refractivity (Wildman–Crippen MR) is 106 cm³/mol. The van der Waals surface area contributed by atoms with Gasteiger partial charge in [0.15, 0.2) is 0 Å². The molecule has 0 heterocycles. The number of carboxylic acids is 1. The quantitative estimate of drug-likeness (QED) is 0.208. The molecule has 0 bridgehead atoms. The van der Waals surface area contributed by atoms with E-state index in [4.69, 9.17) is 10.3 Å². The van der Waals surface area contributed by atoms with E-state index in [-0.39, 0.29) is 25.2 Å². The molecule has 0 radical (unpaired) electrons. The van der Waals surface area contributed by atoms with Crippen LogP contribution in [0, 0.1) is 0 Å². The number of carbonyl (C=O) groups is 3. The summed E-state index contributed by atoms with van der Waals surface area (Å²) in [5.74, 6) is -2.17. The highest BCUT2D eigenvalue weighted by molar-refractivity contribution is 5.87. The van der Waals surface area contributed by atoms with Gasteiger partial charge in [-0.25, -0.2) is 5.48 Å². The Bertz CT molecular complexity index is 592. The second-order valence-corrected chi connectivity index (χ2v) is 6.99. The summed E-state index contributed by atoms with van der Waals surface area (Å²) in [6.45, 7) is 0. The van der Waals surface area contributed by atoms with E-state index in [1.54, 1.807) is 0 Å². The van der Waals surface area contributed by atoms with E-state index in [9.17, 15) is 14.4 Å². The molecule has 7 heteroatoms. The fraction of sp³-hybridized carbons (Fsp3) is 0.571. The third-order valence-corrected chi connectivity index (χ3v) is 4.62. The van der Waals surface area contributed by atoms with Gasteiger partial charge in [-0.2, -0.15) is 0 Å². The van der Waals surface area contributed by atoms with Crippen molar-refractivity contribution in [1.82, 2.24) is 10.8 Å². The van der Waals surface area contributed by atoms with Crippen LogP contribution in [0.5, 0.6) is 0 Å². The van der Waals surface area contributed by atoms with Gasteiger partial charge < -0.3 is 10.4 Å². The van der Waals surface area contributed by atoms with Crippen LogP contribution in [0.25, 0.3) is 0 Å². The van der Waals surface area contributed by atoms with Crippen molar-refractivity contribution in [2.24, 2.45) is 0 Å². The molecule has 1 atom stereocenters. The number of carbonyl (C=O) groups excluding carboxylic acids is 2. The highest BCUT2D eigenvalue weighted by atomic mass is 16.5. The van der Waals surface area contributed by atoms with Crippen LogP contribution in [0.4, 0.5) is 0 Å². The molecule has 28 heavy (non-hydrogen) atoms. The van der Waals surface area contributed by atoms with Gasteiger partial charge in [0.2, 0.25) is 5.91 Å². The minimum atomic E-state index is -1.06. The van der Waals surface area contributed by atoms with Crippen LogP contribution in [0.1, 0.15) is 69.8 Å². The number of rotatable bonds is 15. The Kier molecular flexibility index (Phi) is 12.3. The standard InChI is InChI=1S/C21H32N2O5/c24-19(22-18(21(27)23-28)15-16-20(25)26)14-10-5-3-1-2-4-7-11-17-12-8-6-9-13-17/h6,8-9,12-13,18,28H,1-5,7,10-11,14-16H2,(H,22,24)(H,23,27)(H,25,26)/t18-/m1/s1. The van der Waals surface area contributed by atoms with Gasteiger partial charge in [0.05, 0.1) is 0 Å². The molecule has 0 aliphatic heterocycles. The Labute approximate surface area is 166 Å². The Balaban J connectivity index is 2.05. The molecule has 1 aromatic carbocycles. The van der Waals surface area contributed by atoms with Gasteiger partial charge in [-0.15, -0.1) is 0 Å². The van der Waals surface area contributed by atoms with Crippen LogP contribution in [0.3, 0.4) is 0 Å². The molecular formula is C21H32N2O5. The zero-order chi connectivity index (χ0) is 20.6. The van der Waals surface area contributed by atoms with E-state index in [1.807, 2.05) is 6.07 Å². The summed E-state index contributed by atoms with van der Waals surface area (Å²) in [4.78, 5) is 34.0. The molecular weight excluding hydrogens is 360 g/mol. The topological polar surface area (TPSA) is 116 Å². The molecule has 0 spiro atoms. The summed E-state index contributed by atoms with van der Waals surface area (Å²) in [5.41, 5.74) is 2.84. The van der Waals surface area contributed by atoms with Crippen LogP contribution in [-0.2, 0) is 20.8 Å². The van der Waals surface area contributed by atoms with Crippen molar-refractivity contribution in [3.8, 4) is 0 Å². The lowest BCUT2D eigenvalue weighted by atomic mass is 10.0. The molecule has 0 saturated carbocycles. The molecule has 1 aromatic rings. The van der Waals surface area contributed by atoms with Crippen molar-refractivity contribution in [2.45, 2.75) is 76.7 Å². The molecule has 1 rings (SSSR count). The normalized spacial score (nSPS) is 11.6. The zero-order valence-electron chi connectivity index (χ0n) is 16.4. The molecule has 0 aliphatic carbocycles. The second-order valence-electron chi connectivity index (χ2n) is 6.99. The Morgan fingerprint density at radius 2 is 1.46 bits per heavy atom. The Morgan fingerprint density at radius 3 is 2.07 bits per heavy atom. The molecule has 0 aliphatic rings. The number of benzene rings is 1. The van der Waals surface area contributed by atoms with Gasteiger partial charge in [0.1, 0.15) is 6.04 Å². The monoisotopic (exact) mass is 392 g/mol. The molecule has 0 fully saturated rings. The largest absolute Gasteiger partial charge is 0.481 e. The first-order valence-corrected chi connectivity index (χ1v) is 10.0. The first-order chi connectivity index (χ1) is 13.5. The van der Waals surface area contributed by atoms with E-state index in [1.165, 1.54) is 30.3 Å². The summed E-state index contributed by atoms with van der Waals surface area (Å²) >= 11 is 0. The number of hydrogen-bond donors (Lipinski definition) is 4. The van der Waals surface area contributed by atoms with E-state index in [0.717, 1.165) is 32.1 Å². The first-order valence-electron chi connectivity index (χ1n) is 10.0. The fourth-order valence-electron chi connectivity index (χ4n) is 3.02. The average Bonchev–Trinajstić information content (AvgIpc) is 2.69. The van der Waals surface area contributed by atoms with E-state index >= 15 is 0 Å². The zero-order valence-corrected chi connectivity index (χ0v) is 16.4. The number of amides is 2. The first kappa shape index (κ1) is 23.6. The van der Waals surface area contributed by atoms with Crippen LogP contribution < -0.4 is 10.8 Å². The summed E-state index contributed by atoms with van der Waals surface area (Å²) in [6, 6.07) is 9.44. The third kappa shape index (κ3) is 11.3. The highest BCUT2D eigenvalue weighted by Gasteiger charge is 2.21. The summed E-state index contributed by atoms with van der Waals surface area (Å²) < 4.78 is 0. The number of carboxylic acid groups (broad SMARTS) is 1. The number of aryl methyl sites for hydroxylation is 1. The van der Waals surface area contributed by atoms with Gasteiger partial charge in [-0.1, -0.05) is 62.4 Å². The van der Waals surface area contributed by atoms with E-state index in [2.05, 4.69) is 29.6 Å². The van der Waals surface area contributed by atoms with Crippen LogP contribution in [0.15, 0.2) is 30.3 Å². The van der Waals surface area contributed by atoms with Gasteiger partial charge in [-0.05, 0) is 31.2 Å². The molecule has 0 unspecified atom stereocenters. The third-order valence-electron chi connectivity index (χ3n) is 4.62. The van der Waals surface area contributed by atoms with Crippen molar-refractivity contribution < 1.29 is 24.7 Å². The Morgan fingerprint density at radius 1 is 0.857 bits per heavy atom. The van der Waals surface area contributed by atoms with Crippen LogP contribution >= 0.6 is 0 Å². The lowest BCUT2D eigenvalue weighted by Crippen LogP contribution is -2.46. The maximum atomic E-state index is 11.9. The van der Waals surface area contributed by atoms with Gasteiger partial charge in [0.25, 0.3) is 5.91 Å². The number of unbranched alkanes of at least 4 members (excludes halogenated alkanes) is 6. The molecule has 156 valence electrons. The minimum absolute atomic E-state index is 0.0591. The summed E-state index contributed by atoms with van der Waals surface area (Å²) in [6.07, 6.45) is 8.55. The maximum Gasteiger partial charge on any atom is 0.303 e. The van der Waals surface area contributed by atoms with E-state index < -0.39 is 17.9 Å².